The number of rotatable bonds is 4. The van der Waals surface area contributed by atoms with Crippen LogP contribution in [0.4, 0.5) is 19.3 Å². The Labute approximate surface area is 212 Å². The number of fused-ring (bicyclic) bond motifs is 1. The molecule has 1 aromatic heterocycles. The molecule has 0 radical (unpaired) electrons. The fourth-order valence-electron chi connectivity index (χ4n) is 4.75. The quantitative estimate of drug-likeness (QED) is 0.493. The summed E-state index contributed by atoms with van der Waals surface area (Å²) in [5.41, 5.74) is -1.39. The van der Waals surface area contributed by atoms with Crippen LogP contribution in [-0.4, -0.2) is 39.2 Å². The maximum atomic E-state index is 15.8. The molecule has 2 fully saturated rings. The standard InChI is InChI=1S/C26H27ClF2N4O3/c1-14-16(27)7-8-17(28)21(14)26(11-32(12-26)24(35)36-25(2,3)4)31-19-10-9-18-20(22(19)29)23(34)33(13-30-18)15-5-6-15/h7-10,13,15,31H,5-6,11-12H2,1-4H3. The lowest BCUT2D eigenvalue weighted by atomic mass is 9.79. The molecule has 3 aromatic rings. The van der Waals surface area contributed by atoms with Crippen molar-refractivity contribution in [3.63, 3.8) is 0 Å². The molecule has 2 heterocycles. The Morgan fingerprint density at radius 2 is 1.89 bits per heavy atom. The fourth-order valence-corrected chi connectivity index (χ4v) is 4.91. The van der Waals surface area contributed by atoms with Crippen molar-refractivity contribution in [3.05, 3.63) is 68.7 Å². The number of nitrogens with one attached hydrogen (secondary N) is 1. The Morgan fingerprint density at radius 3 is 2.53 bits per heavy atom. The molecule has 1 aliphatic carbocycles. The number of amides is 1. The number of hydrogen-bond donors (Lipinski definition) is 1. The lowest BCUT2D eigenvalue weighted by Gasteiger charge is -2.51. The Morgan fingerprint density at radius 1 is 1.19 bits per heavy atom. The van der Waals surface area contributed by atoms with E-state index in [4.69, 9.17) is 16.3 Å². The molecule has 36 heavy (non-hydrogen) atoms. The highest BCUT2D eigenvalue weighted by Gasteiger charge is 2.50. The zero-order valence-electron chi connectivity index (χ0n) is 20.5. The van der Waals surface area contributed by atoms with Gasteiger partial charge < -0.3 is 15.0 Å². The molecule has 0 atom stereocenters. The molecule has 1 saturated heterocycles. The summed E-state index contributed by atoms with van der Waals surface area (Å²) in [6.07, 6.45) is 2.59. The molecule has 1 aliphatic heterocycles. The van der Waals surface area contributed by atoms with Crippen molar-refractivity contribution < 1.29 is 18.3 Å². The smallest absolute Gasteiger partial charge is 0.410 e. The van der Waals surface area contributed by atoms with Gasteiger partial charge in [0.05, 0.1) is 30.6 Å². The van der Waals surface area contributed by atoms with Crippen molar-refractivity contribution in [2.75, 3.05) is 18.4 Å². The molecule has 1 saturated carbocycles. The Hall–Kier alpha value is -3.20. The van der Waals surface area contributed by atoms with Gasteiger partial charge >= 0.3 is 6.09 Å². The molecule has 1 N–H and O–H groups in total. The van der Waals surface area contributed by atoms with Gasteiger partial charge in [0, 0.05) is 16.6 Å². The van der Waals surface area contributed by atoms with Crippen LogP contribution in [0.3, 0.4) is 0 Å². The van der Waals surface area contributed by atoms with E-state index in [-0.39, 0.29) is 41.3 Å². The van der Waals surface area contributed by atoms with Gasteiger partial charge in [0.2, 0.25) is 0 Å². The minimum absolute atomic E-state index is 0.0108. The summed E-state index contributed by atoms with van der Waals surface area (Å²) in [5, 5.41) is 3.34. The molecule has 0 unspecified atom stereocenters. The van der Waals surface area contributed by atoms with Crippen LogP contribution in [0.2, 0.25) is 5.02 Å². The molecule has 190 valence electrons. The molecule has 0 bridgehead atoms. The van der Waals surface area contributed by atoms with Crippen LogP contribution >= 0.6 is 11.6 Å². The number of carbonyl (C=O) groups is 1. The molecule has 0 spiro atoms. The second-order valence-corrected chi connectivity index (χ2v) is 11.0. The van der Waals surface area contributed by atoms with Crippen LogP contribution in [0.1, 0.15) is 50.8 Å². The summed E-state index contributed by atoms with van der Waals surface area (Å²) < 4.78 is 38.0. The number of ether oxygens (including phenoxy) is 1. The van der Waals surface area contributed by atoms with Gasteiger partial charge in [0.25, 0.3) is 5.56 Å². The predicted molar refractivity (Wildman–Crippen MR) is 133 cm³/mol. The van der Waals surface area contributed by atoms with Crippen molar-refractivity contribution in [2.45, 2.75) is 57.7 Å². The summed E-state index contributed by atoms with van der Waals surface area (Å²) in [6, 6.07) is 5.77. The van der Waals surface area contributed by atoms with Crippen molar-refractivity contribution >= 4 is 34.3 Å². The van der Waals surface area contributed by atoms with Crippen LogP contribution < -0.4 is 10.9 Å². The minimum Gasteiger partial charge on any atom is -0.444 e. The van der Waals surface area contributed by atoms with Gasteiger partial charge in [-0.05, 0) is 70.4 Å². The van der Waals surface area contributed by atoms with E-state index in [9.17, 15) is 9.59 Å². The van der Waals surface area contributed by atoms with Crippen LogP contribution in [0, 0.1) is 18.6 Å². The molecule has 1 amide bonds. The monoisotopic (exact) mass is 516 g/mol. The Balaban J connectivity index is 1.57. The second-order valence-electron chi connectivity index (χ2n) is 10.6. The molecular formula is C26H27ClF2N4O3. The Bertz CT molecular complexity index is 1440. The van der Waals surface area contributed by atoms with Gasteiger partial charge in [-0.15, -0.1) is 0 Å². The van der Waals surface area contributed by atoms with E-state index in [0.29, 0.717) is 10.6 Å². The molecular weight excluding hydrogens is 490 g/mol. The van der Waals surface area contributed by atoms with Gasteiger partial charge in [-0.25, -0.2) is 18.6 Å². The molecule has 10 heteroatoms. The number of hydrogen-bond acceptors (Lipinski definition) is 5. The van der Waals surface area contributed by atoms with Gasteiger partial charge in [0.1, 0.15) is 22.3 Å². The van der Waals surface area contributed by atoms with E-state index >= 15 is 8.78 Å². The zero-order chi connectivity index (χ0) is 26.0. The highest BCUT2D eigenvalue weighted by molar-refractivity contribution is 6.31. The maximum absolute atomic E-state index is 15.8. The second kappa shape index (κ2) is 8.44. The van der Waals surface area contributed by atoms with E-state index in [1.807, 2.05) is 0 Å². The number of aromatic nitrogens is 2. The van der Waals surface area contributed by atoms with Gasteiger partial charge in [0.15, 0.2) is 5.82 Å². The minimum atomic E-state index is -1.19. The summed E-state index contributed by atoms with van der Waals surface area (Å²) in [4.78, 5) is 31.4. The third kappa shape index (κ3) is 4.19. The molecule has 2 aromatic carbocycles. The van der Waals surface area contributed by atoms with Crippen LogP contribution in [0.15, 0.2) is 35.4 Å². The normalized spacial score (nSPS) is 17.1. The summed E-state index contributed by atoms with van der Waals surface area (Å²) in [7, 11) is 0. The van der Waals surface area contributed by atoms with E-state index in [1.54, 1.807) is 33.8 Å². The average molecular weight is 517 g/mol. The van der Waals surface area contributed by atoms with Crippen LogP contribution in [0.25, 0.3) is 10.9 Å². The van der Waals surface area contributed by atoms with Gasteiger partial charge in [-0.3, -0.25) is 9.36 Å². The highest BCUT2D eigenvalue weighted by atomic mass is 35.5. The number of likely N-dealkylation sites (tertiary alicyclic amines) is 1. The SMILES string of the molecule is Cc1c(Cl)ccc(F)c1C1(Nc2ccc3ncn(C4CC4)c(=O)c3c2F)CN(C(=O)OC(C)(C)C)C1. The zero-order valence-corrected chi connectivity index (χ0v) is 21.2. The maximum Gasteiger partial charge on any atom is 0.410 e. The predicted octanol–water partition coefficient (Wildman–Crippen LogP) is 5.53. The number of carbonyl (C=O) groups excluding carboxylic acids is 1. The van der Waals surface area contributed by atoms with Crippen molar-refractivity contribution in [1.82, 2.24) is 14.5 Å². The molecule has 5 rings (SSSR count). The first-order valence-corrected chi connectivity index (χ1v) is 12.2. The highest BCUT2D eigenvalue weighted by Crippen LogP contribution is 2.42. The van der Waals surface area contributed by atoms with Crippen molar-refractivity contribution in [2.24, 2.45) is 0 Å². The van der Waals surface area contributed by atoms with E-state index < -0.39 is 34.4 Å². The van der Waals surface area contributed by atoms with E-state index in [2.05, 4.69) is 10.3 Å². The summed E-state index contributed by atoms with van der Waals surface area (Å²) in [6.45, 7) is 6.96. The molecule has 7 nitrogen and oxygen atoms in total. The number of nitrogens with zero attached hydrogens (tertiary/aromatic N) is 3. The third-order valence-electron chi connectivity index (χ3n) is 6.60. The lowest BCUT2D eigenvalue weighted by Crippen LogP contribution is -2.66. The fraction of sp³-hybridized carbons (Fsp3) is 0.423. The van der Waals surface area contributed by atoms with E-state index in [1.165, 1.54) is 34.0 Å². The van der Waals surface area contributed by atoms with Crippen molar-refractivity contribution in [1.29, 1.82) is 0 Å². The topological polar surface area (TPSA) is 76.5 Å². The number of anilines is 1. The largest absolute Gasteiger partial charge is 0.444 e. The van der Waals surface area contributed by atoms with Gasteiger partial charge in [-0.1, -0.05) is 11.6 Å². The molecule has 2 aliphatic rings. The summed E-state index contributed by atoms with van der Waals surface area (Å²) in [5.74, 6) is -1.30. The number of halogens is 3. The van der Waals surface area contributed by atoms with E-state index in [0.717, 1.165) is 12.8 Å². The first kappa shape index (κ1) is 24.5. The first-order valence-electron chi connectivity index (χ1n) is 11.8. The summed E-state index contributed by atoms with van der Waals surface area (Å²) >= 11 is 6.32. The van der Waals surface area contributed by atoms with Crippen LogP contribution in [-0.2, 0) is 10.3 Å². The van der Waals surface area contributed by atoms with Crippen LogP contribution in [0.5, 0.6) is 0 Å². The average Bonchev–Trinajstić information content (AvgIpc) is 3.60. The first-order chi connectivity index (χ1) is 16.9. The van der Waals surface area contributed by atoms with Crippen molar-refractivity contribution in [3.8, 4) is 0 Å². The van der Waals surface area contributed by atoms with Gasteiger partial charge in [-0.2, -0.15) is 0 Å². The lowest BCUT2D eigenvalue weighted by molar-refractivity contribution is -0.00551. The number of benzene rings is 2. The Kier molecular flexibility index (Phi) is 5.74. The third-order valence-corrected chi connectivity index (χ3v) is 7.01.